The maximum atomic E-state index is 12.9. The van der Waals surface area contributed by atoms with E-state index < -0.39 is 0 Å². The molecule has 0 N–H and O–H groups in total. The van der Waals surface area contributed by atoms with E-state index in [0.29, 0.717) is 0 Å². The Bertz CT molecular complexity index is 390. The monoisotopic (exact) mass is 248 g/mol. The summed E-state index contributed by atoms with van der Waals surface area (Å²) in [6.45, 7) is 5.85. The van der Waals surface area contributed by atoms with Gasteiger partial charge in [0.2, 0.25) is 0 Å². The van der Waals surface area contributed by atoms with Gasteiger partial charge in [-0.3, -0.25) is 9.80 Å². The van der Waals surface area contributed by atoms with Gasteiger partial charge in [0, 0.05) is 19.1 Å². The molecule has 0 radical (unpaired) electrons. The van der Waals surface area contributed by atoms with Crippen molar-refractivity contribution in [3.05, 3.63) is 35.6 Å². The van der Waals surface area contributed by atoms with E-state index in [1.165, 1.54) is 51.0 Å². The Hall–Kier alpha value is -0.930. The summed E-state index contributed by atoms with van der Waals surface area (Å²) in [6.07, 6.45) is 3.96. The summed E-state index contributed by atoms with van der Waals surface area (Å²) in [5.41, 5.74) is 1.22. The Balaban J connectivity index is 1.63. The first-order chi connectivity index (χ1) is 8.81. The van der Waals surface area contributed by atoms with Gasteiger partial charge >= 0.3 is 0 Å². The van der Waals surface area contributed by atoms with E-state index in [2.05, 4.69) is 9.80 Å². The van der Waals surface area contributed by atoms with E-state index in [4.69, 9.17) is 0 Å². The fourth-order valence-electron chi connectivity index (χ4n) is 3.27. The second kappa shape index (κ2) is 5.37. The molecule has 0 aliphatic carbocycles. The van der Waals surface area contributed by atoms with Gasteiger partial charge in [0.1, 0.15) is 5.82 Å². The molecule has 2 aliphatic heterocycles. The Morgan fingerprint density at radius 3 is 2.67 bits per heavy atom. The van der Waals surface area contributed by atoms with Crippen LogP contribution < -0.4 is 0 Å². The van der Waals surface area contributed by atoms with E-state index in [1.807, 2.05) is 12.1 Å². The van der Waals surface area contributed by atoms with Crippen molar-refractivity contribution in [2.24, 2.45) is 0 Å². The van der Waals surface area contributed by atoms with Gasteiger partial charge in [0.15, 0.2) is 0 Å². The molecule has 3 heteroatoms. The SMILES string of the molecule is Fc1ccc(CN2CCCN3CCC[C@H]3C2)cc1. The molecular weight excluding hydrogens is 227 g/mol. The molecule has 2 heterocycles. The molecule has 0 bridgehead atoms. The van der Waals surface area contributed by atoms with Crippen LogP contribution >= 0.6 is 0 Å². The van der Waals surface area contributed by atoms with Crippen LogP contribution in [0.4, 0.5) is 4.39 Å². The highest BCUT2D eigenvalue weighted by Crippen LogP contribution is 2.22. The van der Waals surface area contributed by atoms with E-state index in [1.54, 1.807) is 12.1 Å². The number of halogens is 1. The summed E-state index contributed by atoms with van der Waals surface area (Å²) < 4.78 is 12.9. The maximum absolute atomic E-state index is 12.9. The molecule has 2 aliphatic rings. The molecule has 98 valence electrons. The smallest absolute Gasteiger partial charge is 0.123 e. The molecule has 1 aromatic rings. The zero-order chi connectivity index (χ0) is 12.4. The minimum Gasteiger partial charge on any atom is -0.299 e. The van der Waals surface area contributed by atoms with Crippen LogP contribution in [0, 0.1) is 5.82 Å². The lowest BCUT2D eigenvalue weighted by Crippen LogP contribution is -2.36. The van der Waals surface area contributed by atoms with E-state index in [9.17, 15) is 4.39 Å². The lowest BCUT2D eigenvalue weighted by molar-refractivity contribution is 0.215. The van der Waals surface area contributed by atoms with Gasteiger partial charge in [-0.05, 0) is 56.6 Å². The van der Waals surface area contributed by atoms with Crippen molar-refractivity contribution in [1.29, 1.82) is 0 Å². The van der Waals surface area contributed by atoms with Crippen molar-refractivity contribution in [2.75, 3.05) is 26.2 Å². The van der Waals surface area contributed by atoms with Crippen molar-refractivity contribution in [1.82, 2.24) is 9.80 Å². The molecule has 2 nitrogen and oxygen atoms in total. The van der Waals surface area contributed by atoms with Crippen molar-refractivity contribution in [3.63, 3.8) is 0 Å². The Morgan fingerprint density at radius 1 is 1.06 bits per heavy atom. The molecular formula is C15H21FN2. The molecule has 0 spiro atoms. The highest BCUT2D eigenvalue weighted by Gasteiger charge is 2.28. The summed E-state index contributed by atoms with van der Waals surface area (Å²) in [7, 11) is 0. The topological polar surface area (TPSA) is 6.48 Å². The third-order valence-electron chi connectivity index (χ3n) is 4.21. The van der Waals surface area contributed by atoms with Gasteiger partial charge < -0.3 is 0 Å². The number of nitrogens with zero attached hydrogens (tertiary/aromatic N) is 2. The molecule has 2 saturated heterocycles. The second-order valence-corrected chi connectivity index (χ2v) is 5.55. The number of benzene rings is 1. The molecule has 3 rings (SSSR count). The average molecular weight is 248 g/mol. The predicted molar refractivity (Wildman–Crippen MR) is 70.9 cm³/mol. The van der Waals surface area contributed by atoms with E-state index >= 15 is 0 Å². The third-order valence-corrected chi connectivity index (χ3v) is 4.21. The lowest BCUT2D eigenvalue weighted by Gasteiger charge is -2.25. The predicted octanol–water partition coefficient (Wildman–Crippen LogP) is 2.50. The van der Waals surface area contributed by atoms with Crippen LogP contribution in [0.2, 0.25) is 0 Å². The van der Waals surface area contributed by atoms with E-state index in [0.717, 1.165) is 12.6 Å². The summed E-state index contributed by atoms with van der Waals surface area (Å²) in [5.74, 6) is -0.142. The normalized spacial score (nSPS) is 25.9. The minimum atomic E-state index is -0.142. The van der Waals surface area contributed by atoms with Crippen LogP contribution in [0.15, 0.2) is 24.3 Å². The Labute approximate surface area is 108 Å². The van der Waals surface area contributed by atoms with Crippen LogP contribution in [0.5, 0.6) is 0 Å². The molecule has 0 saturated carbocycles. The Kier molecular flexibility index (Phi) is 3.62. The van der Waals surface area contributed by atoms with Gasteiger partial charge in [-0.1, -0.05) is 12.1 Å². The van der Waals surface area contributed by atoms with Gasteiger partial charge in [-0.15, -0.1) is 0 Å². The number of hydrogen-bond donors (Lipinski definition) is 0. The van der Waals surface area contributed by atoms with Crippen LogP contribution in [0.25, 0.3) is 0 Å². The third kappa shape index (κ3) is 2.73. The van der Waals surface area contributed by atoms with Crippen molar-refractivity contribution in [2.45, 2.75) is 31.8 Å². The minimum absolute atomic E-state index is 0.142. The van der Waals surface area contributed by atoms with Crippen molar-refractivity contribution in [3.8, 4) is 0 Å². The van der Waals surface area contributed by atoms with Crippen LogP contribution in [0.3, 0.4) is 0 Å². The van der Waals surface area contributed by atoms with Crippen LogP contribution in [0.1, 0.15) is 24.8 Å². The lowest BCUT2D eigenvalue weighted by atomic mass is 10.1. The number of fused-ring (bicyclic) bond motifs is 1. The molecule has 0 aromatic heterocycles. The molecule has 1 aromatic carbocycles. The zero-order valence-electron chi connectivity index (χ0n) is 10.8. The van der Waals surface area contributed by atoms with Gasteiger partial charge in [-0.2, -0.15) is 0 Å². The summed E-state index contributed by atoms with van der Waals surface area (Å²) in [5, 5.41) is 0. The summed E-state index contributed by atoms with van der Waals surface area (Å²) in [4.78, 5) is 5.17. The molecule has 1 atom stereocenters. The summed E-state index contributed by atoms with van der Waals surface area (Å²) >= 11 is 0. The van der Waals surface area contributed by atoms with Crippen molar-refractivity contribution >= 4 is 0 Å². The average Bonchev–Trinajstić information content (AvgIpc) is 2.71. The maximum Gasteiger partial charge on any atom is 0.123 e. The van der Waals surface area contributed by atoms with Crippen LogP contribution in [-0.2, 0) is 6.54 Å². The summed E-state index contributed by atoms with van der Waals surface area (Å²) in [6, 6.07) is 7.71. The highest BCUT2D eigenvalue weighted by molar-refractivity contribution is 5.16. The van der Waals surface area contributed by atoms with Crippen LogP contribution in [-0.4, -0.2) is 42.0 Å². The number of hydrogen-bond acceptors (Lipinski definition) is 2. The van der Waals surface area contributed by atoms with Gasteiger partial charge in [-0.25, -0.2) is 4.39 Å². The largest absolute Gasteiger partial charge is 0.299 e. The van der Waals surface area contributed by atoms with E-state index in [-0.39, 0.29) is 5.82 Å². The first-order valence-electron chi connectivity index (χ1n) is 7.02. The van der Waals surface area contributed by atoms with Gasteiger partial charge in [0.25, 0.3) is 0 Å². The highest BCUT2D eigenvalue weighted by atomic mass is 19.1. The fraction of sp³-hybridized carbons (Fsp3) is 0.600. The quantitative estimate of drug-likeness (QED) is 0.793. The molecule has 18 heavy (non-hydrogen) atoms. The number of rotatable bonds is 2. The molecule has 0 amide bonds. The Morgan fingerprint density at radius 2 is 1.83 bits per heavy atom. The standard InChI is InChI=1S/C15H21FN2/c16-14-6-4-13(5-7-14)11-17-8-2-10-18-9-1-3-15(18)12-17/h4-7,15H,1-3,8-12H2/t15-/m0/s1. The zero-order valence-corrected chi connectivity index (χ0v) is 10.8. The van der Waals surface area contributed by atoms with Crippen molar-refractivity contribution < 1.29 is 4.39 Å². The first kappa shape index (κ1) is 12.1. The fourth-order valence-corrected chi connectivity index (χ4v) is 3.27. The second-order valence-electron chi connectivity index (χ2n) is 5.55. The molecule has 0 unspecified atom stereocenters. The van der Waals surface area contributed by atoms with Gasteiger partial charge in [0.05, 0.1) is 0 Å². The molecule has 2 fully saturated rings. The first-order valence-corrected chi connectivity index (χ1v) is 7.02.